The predicted octanol–water partition coefficient (Wildman–Crippen LogP) is 3.24. The lowest BCUT2D eigenvalue weighted by atomic mass is 10.2. The number of hydrogen-bond donors (Lipinski definition) is 0. The minimum Gasteiger partial charge on any atom is -0.491 e. The number of carbonyl (C=O) groups is 1. The Morgan fingerprint density at radius 1 is 1.10 bits per heavy atom. The van der Waals surface area contributed by atoms with Crippen LogP contribution in [0.1, 0.15) is 13.8 Å². The van der Waals surface area contributed by atoms with Gasteiger partial charge in [-0.15, -0.1) is 0 Å². The summed E-state index contributed by atoms with van der Waals surface area (Å²) in [5.41, 5.74) is 1.45. The van der Waals surface area contributed by atoms with Gasteiger partial charge >= 0.3 is 0 Å². The Balaban J connectivity index is 1.65. The summed E-state index contributed by atoms with van der Waals surface area (Å²) in [6.45, 7) is 5.95. The normalized spacial score (nSPS) is 14.6. The van der Waals surface area contributed by atoms with Gasteiger partial charge < -0.3 is 14.5 Å². The van der Waals surface area contributed by atoms with Gasteiger partial charge in [-0.1, -0.05) is 17.7 Å². The van der Waals surface area contributed by atoms with Gasteiger partial charge in [0.2, 0.25) is 15.9 Å². The molecule has 0 bridgehead atoms. The second-order valence-electron chi connectivity index (χ2n) is 7.78. The molecule has 1 aliphatic heterocycles. The van der Waals surface area contributed by atoms with Crippen LogP contribution in [0.15, 0.2) is 48.5 Å². The minimum absolute atomic E-state index is 0.0176. The fraction of sp³-hybridized carbons (Fsp3) is 0.409. The van der Waals surface area contributed by atoms with E-state index in [1.807, 2.05) is 38.1 Å². The van der Waals surface area contributed by atoms with Crippen molar-refractivity contribution in [2.24, 2.45) is 0 Å². The van der Waals surface area contributed by atoms with Gasteiger partial charge in [0.15, 0.2) is 0 Å². The van der Waals surface area contributed by atoms with E-state index in [1.165, 1.54) is 0 Å². The second kappa shape index (κ2) is 9.78. The molecule has 7 nitrogen and oxygen atoms in total. The number of ether oxygens (including phenoxy) is 1. The molecule has 0 radical (unpaired) electrons. The Bertz CT molecular complexity index is 1000. The highest BCUT2D eigenvalue weighted by atomic mass is 35.5. The van der Waals surface area contributed by atoms with Crippen molar-refractivity contribution in [2.75, 3.05) is 48.2 Å². The average molecular weight is 466 g/mol. The highest BCUT2D eigenvalue weighted by molar-refractivity contribution is 7.92. The summed E-state index contributed by atoms with van der Waals surface area (Å²) in [5.74, 6) is 0.425. The Morgan fingerprint density at radius 3 is 2.29 bits per heavy atom. The van der Waals surface area contributed by atoms with Gasteiger partial charge in [-0.2, -0.15) is 0 Å². The van der Waals surface area contributed by atoms with E-state index < -0.39 is 10.0 Å². The molecule has 1 amide bonds. The number of halogens is 1. The van der Waals surface area contributed by atoms with Crippen molar-refractivity contribution in [1.29, 1.82) is 0 Å². The maximum Gasteiger partial charge on any atom is 0.243 e. The summed E-state index contributed by atoms with van der Waals surface area (Å²) >= 11 is 6.07. The summed E-state index contributed by atoms with van der Waals surface area (Å²) in [5, 5.41) is 0.671. The number of hydrogen-bond acceptors (Lipinski definition) is 5. The molecule has 9 heteroatoms. The van der Waals surface area contributed by atoms with Crippen molar-refractivity contribution in [3.05, 3.63) is 53.6 Å². The van der Waals surface area contributed by atoms with E-state index in [0.717, 1.165) is 16.2 Å². The molecule has 168 valence electrons. The molecule has 0 N–H and O–H groups in total. The van der Waals surface area contributed by atoms with Crippen molar-refractivity contribution in [3.8, 4) is 5.75 Å². The van der Waals surface area contributed by atoms with Gasteiger partial charge in [0.05, 0.1) is 18.0 Å². The van der Waals surface area contributed by atoms with Gasteiger partial charge in [-0.3, -0.25) is 9.10 Å². The van der Waals surface area contributed by atoms with Crippen LogP contribution in [0.4, 0.5) is 11.4 Å². The Hall–Kier alpha value is -2.45. The predicted molar refractivity (Wildman–Crippen MR) is 125 cm³/mol. The number of nitrogens with zero attached hydrogens (tertiary/aromatic N) is 3. The zero-order valence-electron chi connectivity index (χ0n) is 18.0. The van der Waals surface area contributed by atoms with E-state index in [2.05, 4.69) is 4.90 Å². The van der Waals surface area contributed by atoms with Gasteiger partial charge in [0, 0.05) is 36.9 Å². The van der Waals surface area contributed by atoms with Gasteiger partial charge in [0.1, 0.15) is 12.3 Å². The molecule has 1 aliphatic rings. The van der Waals surface area contributed by atoms with E-state index in [0.29, 0.717) is 42.6 Å². The molecule has 0 unspecified atom stereocenters. The molecule has 2 aromatic rings. The largest absolute Gasteiger partial charge is 0.491 e. The fourth-order valence-electron chi connectivity index (χ4n) is 3.47. The van der Waals surface area contributed by atoms with Crippen LogP contribution in [0.5, 0.6) is 5.75 Å². The van der Waals surface area contributed by atoms with Crippen molar-refractivity contribution in [2.45, 2.75) is 20.0 Å². The third-order valence-corrected chi connectivity index (χ3v) is 6.36. The van der Waals surface area contributed by atoms with E-state index in [9.17, 15) is 13.2 Å². The molecule has 0 aromatic heterocycles. The number of piperazine rings is 1. The molecule has 0 spiro atoms. The molecular formula is C22H28ClN3O4S. The van der Waals surface area contributed by atoms with Crippen LogP contribution in [0.25, 0.3) is 0 Å². The summed E-state index contributed by atoms with van der Waals surface area (Å²) in [6, 6.07) is 14.3. The van der Waals surface area contributed by atoms with E-state index in [-0.39, 0.29) is 18.6 Å². The molecule has 1 heterocycles. The highest BCUT2D eigenvalue weighted by Crippen LogP contribution is 2.24. The third kappa shape index (κ3) is 6.27. The number of carbonyl (C=O) groups excluding carboxylic acids is 1. The number of anilines is 2. The van der Waals surface area contributed by atoms with Gasteiger partial charge in [0.25, 0.3) is 0 Å². The lowest BCUT2D eigenvalue weighted by Crippen LogP contribution is -2.52. The van der Waals surface area contributed by atoms with Crippen LogP contribution < -0.4 is 13.9 Å². The Morgan fingerprint density at radius 2 is 1.74 bits per heavy atom. The minimum atomic E-state index is -3.63. The Kier molecular flexibility index (Phi) is 7.33. The first kappa shape index (κ1) is 23.2. The van der Waals surface area contributed by atoms with Crippen LogP contribution in [0.3, 0.4) is 0 Å². The number of sulfonamides is 1. The maximum absolute atomic E-state index is 12.9. The molecule has 3 rings (SSSR count). The van der Waals surface area contributed by atoms with Crippen molar-refractivity contribution in [3.63, 3.8) is 0 Å². The standard InChI is InChI=1S/C22H28ClN3O4S/c1-17(2)30-21-9-7-19(8-10-21)26(31(3,28)29)16-22(27)25-13-11-24(12-14-25)20-6-4-5-18(23)15-20/h4-10,15,17H,11-14,16H2,1-3H3. The zero-order chi connectivity index (χ0) is 22.6. The first-order chi connectivity index (χ1) is 14.6. The van der Waals surface area contributed by atoms with Crippen LogP contribution in [0, 0.1) is 0 Å². The first-order valence-electron chi connectivity index (χ1n) is 10.2. The van der Waals surface area contributed by atoms with Crippen LogP contribution in [-0.4, -0.2) is 64.3 Å². The summed E-state index contributed by atoms with van der Waals surface area (Å²) < 4.78 is 31.5. The zero-order valence-corrected chi connectivity index (χ0v) is 19.6. The van der Waals surface area contributed by atoms with E-state index in [1.54, 1.807) is 29.2 Å². The van der Waals surface area contributed by atoms with Gasteiger partial charge in [-0.05, 0) is 56.3 Å². The van der Waals surface area contributed by atoms with Crippen LogP contribution in [0.2, 0.25) is 5.02 Å². The topological polar surface area (TPSA) is 70.2 Å². The van der Waals surface area contributed by atoms with Crippen LogP contribution in [-0.2, 0) is 14.8 Å². The molecular weight excluding hydrogens is 438 g/mol. The molecule has 31 heavy (non-hydrogen) atoms. The SMILES string of the molecule is CC(C)Oc1ccc(N(CC(=O)N2CCN(c3cccc(Cl)c3)CC2)S(C)(=O)=O)cc1. The summed E-state index contributed by atoms with van der Waals surface area (Å²) in [6.07, 6.45) is 1.12. The smallest absolute Gasteiger partial charge is 0.243 e. The fourth-order valence-corrected chi connectivity index (χ4v) is 4.51. The lowest BCUT2D eigenvalue weighted by Gasteiger charge is -2.37. The Labute approximate surface area is 189 Å². The van der Waals surface area contributed by atoms with Crippen molar-refractivity contribution in [1.82, 2.24) is 4.90 Å². The monoisotopic (exact) mass is 465 g/mol. The van der Waals surface area contributed by atoms with E-state index >= 15 is 0 Å². The van der Waals surface area contributed by atoms with Crippen molar-refractivity contribution < 1.29 is 17.9 Å². The highest BCUT2D eigenvalue weighted by Gasteiger charge is 2.26. The summed E-state index contributed by atoms with van der Waals surface area (Å²) in [7, 11) is -3.63. The molecule has 1 fully saturated rings. The maximum atomic E-state index is 12.9. The molecule has 0 atom stereocenters. The molecule has 1 saturated heterocycles. The lowest BCUT2D eigenvalue weighted by molar-refractivity contribution is -0.129. The van der Waals surface area contributed by atoms with Crippen LogP contribution >= 0.6 is 11.6 Å². The van der Waals surface area contributed by atoms with Crippen molar-refractivity contribution >= 4 is 38.9 Å². The molecule has 0 saturated carbocycles. The van der Waals surface area contributed by atoms with E-state index in [4.69, 9.17) is 16.3 Å². The third-order valence-electron chi connectivity index (χ3n) is 4.98. The first-order valence-corrected chi connectivity index (χ1v) is 12.4. The second-order valence-corrected chi connectivity index (χ2v) is 10.1. The number of rotatable bonds is 7. The quantitative estimate of drug-likeness (QED) is 0.627. The van der Waals surface area contributed by atoms with Gasteiger partial charge in [-0.25, -0.2) is 8.42 Å². The number of amides is 1. The number of benzene rings is 2. The average Bonchev–Trinajstić information content (AvgIpc) is 2.71. The summed E-state index contributed by atoms with van der Waals surface area (Å²) in [4.78, 5) is 16.8. The molecule has 0 aliphatic carbocycles. The molecule has 2 aromatic carbocycles.